The molecular weight excluding hydrogens is 416 g/mol. The molecule has 4 aromatic rings. The highest BCUT2D eigenvalue weighted by Crippen LogP contribution is 2.31. The summed E-state index contributed by atoms with van der Waals surface area (Å²) in [6.07, 6.45) is 0.671. The van der Waals surface area contributed by atoms with Crippen LogP contribution >= 0.6 is 11.3 Å². The number of rotatable bonds is 6. The highest BCUT2D eigenvalue weighted by molar-refractivity contribution is 7.13. The van der Waals surface area contributed by atoms with E-state index in [0.717, 1.165) is 16.8 Å². The Morgan fingerprint density at radius 1 is 1.19 bits per heavy atom. The zero-order chi connectivity index (χ0) is 22.1. The number of aromatic nitrogens is 1. The summed E-state index contributed by atoms with van der Waals surface area (Å²) in [7, 11) is 0. The van der Waals surface area contributed by atoms with E-state index in [1.807, 2.05) is 25.3 Å². The summed E-state index contributed by atoms with van der Waals surface area (Å²) in [5.41, 5.74) is 3.43. The highest BCUT2D eigenvalue weighted by Gasteiger charge is 2.18. The molecule has 0 N–H and O–H groups in total. The summed E-state index contributed by atoms with van der Waals surface area (Å²) >= 11 is 1.42. The Morgan fingerprint density at radius 2 is 1.94 bits per heavy atom. The van der Waals surface area contributed by atoms with Crippen LogP contribution in [0.25, 0.3) is 21.5 Å². The molecule has 0 aliphatic carbocycles. The van der Waals surface area contributed by atoms with Crippen molar-refractivity contribution in [3.05, 3.63) is 84.7 Å². The molecule has 0 spiro atoms. The normalized spacial score (nSPS) is 11.1. The lowest BCUT2D eigenvalue weighted by molar-refractivity contribution is -0.384. The Morgan fingerprint density at radius 3 is 2.55 bits per heavy atom. The average Bonchev–Trinajstić information content (AvgIpc) is 3.17. The number of nitro benzene ring substituents is 1. The zero-order valence-corrected chi connectivity index (χ0v) is 18.1. The van der Waals surface area contributed by atoms with Crippen LogP contribution in [0.2, 0.25) is 0 Å². The number of hydrogen-bond donors (Lipinski definition) is 0. The van der Waals surface area contributed by atoms with E-state index in [-0.39, 0.29) is 17.7 Å². The second-order valence-corrected chi connectivity index (χ2v) is 8.04. The standard InChI is InChI=1S/C23H20N2O5S/c1-4-16-9-18-20(30-14(3)21(22(18)26)23-24-13(2)12-31-23)10-19(16)29-11-15-5-7-17(8-6-15)25(27)28/h5-10,12H,4,11H2,1-3H3. The first-order valence-corrected chi connectivity index (χ1v) is 10.6. The first-order chi connectivity index (χ1) is 14.9. The Balaban J connectivity index is 1.70. The molecule has 4 rings (SSSR count). The van der Waals surface area contributed by atoms with E-state index in [9.17, 15) is 14.9 Å². The third-order valence-corrected chi connectivity index (χ3v) is 5.98. The van der Waals surface area contributed by atoms with E-state index < -0.39 is 4.92 Å². The van der Waals surface area contributed by atoms with Gasteiger partial charge in [-0.3, -0.25) is 14.9 Å². The molecule has 0 saturated carbocycles. The van der Waals surface area contributed by atoms with Gasteiger partial charge in [-0.15, -0.1) is 11.3 Å². The maximum atomic E-state index is 13.2. The molecule has 8 heteroatoms. The number of ether oxygens (including phenoxy) is 1. The fraction of sp³-hybridized carbons (Fsp3) is 0.217. The van der Waals surface area contributed by atoms with E-state index in [1.54, 1.807) is 25.1 Å². The Bertz CT molecular complexity index is 1340. The first kappa shape index (κ1) is 20.7. The topological polar surface area (TPSA) is 95.5 Å². The maximum Gasteiger partial charge on any atom is 0.269 e. The minimum Gasteiger partial charge on any atom is -0.488 e. The molecule has 0 radical (unpaired) electrons. The summed E-state index contributed by atoms with van der Waals surface area (Å²) in [4.78, 5) is 28.0. The predicted octanol–water partition coefficient (Wildman–Crippen LogP) is 5.58. The van der Waals surface area contributed by atoms with E-state index >= 15 is 0 Å². The lowest BCUT2D eigenvalue weighted by Gasteiger charge is -2.13. The van der Waals surface area contributed by atoms with Gasteiger partial charge in [-0.05, 0) is 49.6 Å². The second-order valence-electron chi connectivity index (χ2n) is 7.18. The van der Waals surface area contributed by atoms with Crippen molar-refractivity contribution >= 4 is 28.0 Å². The molecule has 0 amide bonds. The van der Waals surface area contributed by atoms with Gasteiger partial charge in [-0.1, -0.05) is 6.92 Å². The van der Waals surface area contributed by atoms with E-state index in [2.05, 4.69) is 4.98 Å². The molecule has 0 fully saturated rings. The fourth-order valence-electron chi connectivity index (χ4n) is 3.38. The molecule has 2 heterocycles. The van der Waals surface area contributed by atoms with Crippen LogP contribution in [0.1, 0.15) is 29.5 Å². The van der Waals surface area contributed by atoms with Crippen LogP contribution in [0.4, 0.5) is 5.69 Å². The molecule has 0 saturated heterocycles. The molecule has 7 nitrogen and oxygen atoms in total. The summed E-state index contributed by atoms with van der Waals surface area (Å²) in [6.45, 7) is 5.89. The van der Waals surface area contributed by atoms with Crippen LogP contribution in [0.15, 0.2) is 51.0 Å². The molecule has 2 aromatic heterocycles. The van der Waals surface area contributed by atoms with Gasteiger partial charge >= 0.3 is 0 Å². The SMILES string of the molecule is CCc1cc2c(=O)c(-c3nc(C)cs3)c(C)oc2cc1OCc1ccc([N+](=O)[O-])cc1. The molecule has 0 aliphatic heterocycles. The third kappa shape index (κ3) is 4.06. The van der Waals surface area contributed by atoms with Gasteiger partial charge in [0, 0.05) is 29.3 Å². The average molecular weight is 436 g/mol. The molecule has 2 aromatic carbocycles. The monoisotopic (exact) mass is 436 g/mol. The van der Waals surface area contributed by atoms with Crippen LogP contribution in [-0.4, -0.2) is 9.91 Å². The number of thiazole rings is 1. The van der Waals surface area contributed by atoms with Gasteiger partial charge < -0.3 is 9.15 Å². The van der Waals surface area contributed by atoms with Crippen molar-refractivity contribution in [3.8, 4) is 16.3 Å². The Kier molecular flexibility index (Phi) is 5.56. The number of aryl methyl sites for hydroxylation is 3. The maximum absolute atomic E-state index is 13.2. The Hall–Kier alpha value is -3.52. The zero-order valence-electron chi connectivity index (χ0n) is 17.3. The van der Waals surface area contributed by atoms with Crippen molar-refractivity contribution in [1.29, 1.82) is 0 Å². The second kappa shape index (κ2) is 8.31. The van der Waals surface area contributed by atoms with Gasteiger partial charge in [0.05, 0.1) is 15.9 Å². The van der Waals surface area contributed by atoms with Gasteiger partial charge in [0.15, 0.2) is 0 Å². The van der Waals surface area contributed by atoms with Crippen molar-refractivity contribution in [2.45, 2.75) is 33.8 Å². The van der Waals surface area contributed by atoms with E-state index in [1.165, 1.54) is 23.5 Å². The van der Waals surface area contributed by atoms with Gasteiger partial charge in [-0.2, -0.15) is 0 Å². The number of nitro groups is 1. The summed E-state index contributed by atoms with van der Waals surface area (Å²) in [6, 6.07) is 9.78. The molecule has 0 atom stereocenters. The van der Waals surface area contributed by atoms with Gasteiger partial charge in [-0.25, -0.2) is 4.98 Å². The molecule has 158 valence electrons. The van der Waals surface area contributed by atoms with Crippen LogP contribution in [0.5, 0.6) is 5.75 Å². The largest absolute Gasteiger partial charge is 0.488 e. The van der Waals surface area contributed by atoms with Gasteiger partial charge in [0.2, 0.25) is 5.43 Å². The van der Waals surface area contributed by atoms with Crippen LogP contribution in [0, 0.1) is 24.0 Å². The van der Waals surface area contributed by atoms with Crippen molar-refractivity contribution in [2.24, 2.45) is 0 Å². The highest BCUT2D eigenvalue weighted by atomic mass is 32.1. The first-order valence-electron chi connectivity index (χ1n) is 9.76. The number of benzene rings is 2. The van der Waals surface area contributed by atoms with Crippen molar-refractivity contribution in [3.63, 3.8) is 0 Å². The predicted molar refractivity (Wildman–Crippen MR) is 120 cm³/mol. The third-order valence-electron chi connectivity index (χ3n) is 5.00. The molecular formula is C23H20N2O5S. The van der Waals surface area contributed by atoms with Crippen molar-refractivity contribution in [1.82, 2.24) is 4.98 Å². The fourth-order valence-corrected chi connectivity index (χ4v) is 4.27. The minimum absolute atomic E-state index is 0.0344. The molecule has 0 aliphatic rings. The smallest absolute Gasteiger partial charge is 0.269 e. The van der Waals surface area contributed by atoms with Gasteiger partial charge in [0.25, 0.3) is 5.69 Å². The van der Waals surface area contributed by atoms with Crippen LogP contribution < -0.4 is 10.2 Å². The number of fused-ring (bicyclic) bond motifs is 1. The Labute approximate surface area is 182 Å². The van der Waals surface area contributed by atoms with Crippen molar-refractivity contribution < 1.29 is 14.1 Å². The number of nitrogens with zero attached hydrogens (tertiary/aromatic N) is 2. The summed E-state index contributed by atoms with van der Waals surface area (Å²) in [5.74, 6) is 1.13. The number of non-ortho nitro benzene ring substituents is 1. The molecule has 0 bridgehead atoms. The van der Waals surface area contributed by atoms with Crippen molar-refractivity contribution in [2.75, 3.05) is 0 Å². The lowest BCUT2D eigenvalue weighted by atomic mass is 10.1. The lowest BCUT2D eigenvalue weighted by Crippen LogP contribution is -2.08. The number of hydrogen-bond acceptors (Lipinski definition) is 7. The van der Waals surface area contributed by atoms with Crippen LogP contribution in [-0.2, 0) is 13.0 Å². The quantitative estimate of drug-likeness (QED) is 0.289. The van der Waals surface area contributed by atoms with Crippen LogP contribution in [0.3, 0.4) is 0 Å². The molecule has 31 heavy (non-hydrogen) atoms. The van der Waals surface area contributed by atoms with E-state index in [4.69, 9.17) is 9.15 Å². The summed E-state index contributed by atoms with van der Waals surface area (Å²) < 4.78 is 12.0. The molecule has 0 unspecified atom stereocenters. The van der Waals surface area contributed by atoms with E-state index in [0.29, 0.717) is 39.5 Å². The summed E-state index contributed by atoms with van der Waals surface area (Å²) in [5, 5.41) is 13.9. The minimum atomic E-state index is -0.436. The van der Waals surface area contributed by atoms with Gasteiger partial charge in [0.1, 0.15) is 28.7 Å².